The smallest absolute Gasteiger partial charge is 0.255 e. The highest BCUT2D eigenvalue weighted by Crippen LogP contribution is 2.23. The number of amides is 1. The van der Waals surface area contributed by atoms with Crippen molar-refractivity contribution in [2.75, 3.05) is 6.54 Å². The summed E-state index contributed by atoms with van der Waals surface area (Å²) in [5.41, 5.74) is 4.09. The molecule has 0 N–H and O–H groups in total. The van der Waals surface area contributed by atoms with E-state index in [0.29, 0.717) is 28.7 Å². The second kappa shape index (κ2) is 10.7. The number of hydrogen-bond donors (Lipinski definition) is 0. The van der Waals surface area contributed by atoms with Gasteiger partial charge in [-0.05, 0) is 49.2 Å². The molecular formula is C25H28Cl2N2O. The van der Waals surface area contributed by atoms with Crippen molar-refractivity contribution in [3.63, 3.8) is 0 Å². The van der Waals surface area contributed by atoms with Gasteiger partial charge in [-0.3, -0.25) is 4.79 Å². The number of nitrogens with zero attached hydrogens (tertiary/aromatic N) is 2. The lowest BCUT2D eigenvalue weighted by Gasteiger charge is -2.24. The van der Waals surface area contributed by atoms with E-state index in [-0.39, 0.29) is 5.91 Å². The SMILES string of the molecule is CCCCCN(Cc1cccn1Cc1cccc(C)c1)C(=O)c1ccc(Cl)cc1Cl. The number of hydrogen-bond acceptors (Lipinski definition) is 1. The number of halogens is 2. The van der Waals surface area contributed by atoms with E-state index in [1.165, 1.54) is 11.1 Å². The molecule has 3 nitrogen and oxygen atoms in total. The first-order valence-electron chi connectivity index (χ1n) is 10.4. The Kier molecular flexibility index (Phi) is 8.01. The lowest BCUT2D eigenvalue weighted by atomic mass is 10.1. The van der Waals surface area contributed by atoms with Gasteiger partial charge in [0.1, 0.15) is 0 Å². The third kappa shape index (κ3) is 5.90. The molecule has 0 aliphatic carbocycles. The molecule has 2 aromatic carbocycles. The summed E-state index contributed by atoms with van der Waals surface area (Å²) in [5.74, 6) is -0.0592. The van der Waals surface area contributed by atoms with Gasteiger partial charge in [0.2, 0.25) is 0 Å². The topological polar surface area (TPSA) is 25.2 Å². The number of aromatic nitrogens is 1. The number of rotatable bonds is 9. The highest BCUT2D eigenvalue weighted by Gasteiger charge is 2.20. The molecule has 0 unspecified atom stereocenters. The third-order valence-electron chi connectivity index (χ3n) is 5.19. The second-order valence-electron chi connectivity index (χ2n) is 7.67. The van der Waals surface area contributed by atoms with E-state index in [1.807, 2.05) is 11.0 Å². The zero-order chi connectivity index (χ0) is 21.5. The van der Waals surface area contributed by atoms with Gasteiger partial charge in [0.25, 0.3) is 5.91 Å². The number of aryl methyl sites for hydroxylation is 1. The Bertz CT molecular complexity index is 996. The Morgan fingerprint density at radius 3 is 2.60 bits per heavy atom. The average molecular weight is 443 g/mol. The summed E-state index contributed by atoms with van der Waals surface area (Å²) < 4.78 is 2.21. The van der Waals surface area contributed by atoms with E-state index in [2.05, 4.69) is 54.9 Å². The zero-order valence-corrected chi connectivity index (χ0v) is 19.1. The van der Waals surface area contributed by atoms with E-state index >= 15 is 0 Å². The van der Waals surface area contributed by atoms with Crippen LogP contribution in [-0.2, 0) is 13.1 Å². The summed E-state index contributed by atoms with van der Waals surface area (Å²) in [6.07, 6.45) is 5.23. The Morgan fingerprint density at radius 1 is 1.03 bits per heavy atom. The number of carbonyl (C=O) groups excluding carboxylic acids is 1. The Hall–Kier alpha value is -2.23. The maximum absolute atomic E-state index is 13.3. The second-order valence-corrected chi connectivity index (χ2v) is 8.52. The van der Waals surface area contributed by atoms with Crippen LogP contribution in [0.5, 0.6) is 0 Å². The van der Waals surface area contributed by atoms with Crippen LogP contribution in [-0.4, -0.2) is 21.9 Å². The molecule has 0 bridgehead atoms. The normalized spacial score (nSPS) is 10.9. The summed E-state index contributed by atoms with van der Waals surface area (Å²) in [4.78, 5) is 15.2. The van der Waals surface area contributed by atoms with Crippen molar-refractivity contribution in [3.8, 4) is 0 Å². The quantitative estimate of drug-likeness (QED) is 0.328. The monoisotopic (exact) mass is 442 g/mol. The highest BCUT2D eigenvalue weighted by atomic mass is 35.5. The minimum atomic E-state index is -0.0592. The molecule has 158 valence electrons. The van der Waals surface area contributed by atoms with Crippen LogP contribution in [0.2, 0.25) is 10.0 Å². The highest BCUT2D eigenvalue weighted by molar-refractivity contribution is 6.36. The van der Waals surface area contributed by atoms with Crippen LogP contribution in [0.4, 0.5) is 0 Å². The predicted octanol–water partition coefficient (Wildman–Crippen LogP) is 6.98. The minimum absolute atomic E-state index is 0.0592. The first kappa shape index (κ1) is 22.5. The Morgan fingerprint density at radius 2 is 1.87 bits per heavy atom. The molecule has 0 aliphatic rings. The van der Waals surface area contributed by atoms with Gasteiger partial charge in [-0.15, -0.1) is 0 Å². The van der Waals surface area contributed by atoms with Crippen molar-refractivity contribution in [1.82, 2.24) is 9.47 Å². The van der Waals surface area contributed by atoms with Crippen LogP contribution >= 0.6 is 23.2 Å². The van der Waals surface area contributed by atoms with Gasteiger partial charge in [-0.2, -0.15) is 0 Å². The number of benzene rings is 2. The maximum Gasteiger partial charge on any atom is 0.255 e. The van der Waals surface area contributed by atoms with Gasteiger partial charge in [0.05, 0.1) is 17.1 Å². The summed E-state index contributed by atoms with van der Waals surface area (Å²) in [5, 5.41) is 0.921. The summed E-state index contributed by atoms with van der Waals surface area (Å²) in [7, 11) is 0. The first-order valence-corrected chi connectivity index (χ1v) is 11.2. The lowest BCUT2D eigenvalue weighted by molar-refractivity contribution is 0.0736. The van der Waals surface area contributed by atoms with E-state index in [0.717, 1.165) is 31.5 Å². The molecule has 0 aliphatic heterocycles. The molecule has 0 spiro atoms. The Balaban J connectivity index is 1.81. The van der Waals surface area contributed by atoms with Crippen LogP contribution in [0.1, 0.15) is 53.4 Å². The lowest BCUT2D eigenvalue weighted by Crippen LogP contribution is -2.32. The van der Waals surface area contributed by atoms with Crippen LogP contribution < -0.4 is 0 Å². The minimum Gasteiger partial charge on any atom is -0.345 e. The van der Waals surface area contributed by atoms with Crippen molar-refractivity contribution in [1.29, 1.82) is 0 Å². The van der Waals surface area contributed by atoms with Gasteiger partial charge >= 0.3 is 0 Å². The molecular weight excluding hydrogens is 415 g/mol. The van der Waals surface area contributed by atoms with Crippen molar-refractivity contribution in [2.24, 2.45) is 0 Å². The Labute approximate surface area is 189 Å². The number of carbonyl (C=O) groups is 1. The molecule has 0 saturated carbocycles. The maximum atomic E-state index is 13.3. The van der Waals surface area contributed by atoms with E-state index in [4.69, 9.17) is 23.2 Å². The zero-order valence-electron chi connectivity index (χ0n) is 17.6. The average Bonchev–Trinajstić information content (AvgIpc) is 3.13. The molecule has 0 atom stereocenters. The van der Waals surface area contributed by atoms with E-state index in [1.54, 1.807) is 18.2 Å². The molecule has 5 heteroatoms. The van der Waals surface area contributed by atoms with Crippen LogP contribution in [0, 0.1) is 6.92 Å². The molecule has 0 fully saturated rings. The molecule has 1 heterocycles. The van der Waals surface area contributed by atoms with Crippen LogP contribution in [0.15, 0.2) is 60.8 Å². The molecule has 30 heavy (non-hydrogen) atoms. The van der Waals surface area contributed by atoms with Crippen LogP contribution in [0.3, 0.4) is 0 Å². The summed E-state index contributed by atoms with van der Waals surface area (Å²) in [6.45, 7) is 6.28. The van der Waals surface area contributed by atoms with Gasteiger partial charge in [-0.25, -0.2) is 0 Å². The van der Waals surface area contributed by atoms with E-state index in [9.17, 15) is 4.79 Å². The molecule has 1 amide bonds. The van der Waals surface area contributed by atoms with Gasteiger partial charge < -0.3 is 9.47 Å². The fourth-order valence-corrected chi connectivity index (χ4v) is 4.08. The fourth-order valence-electron chi connectivity index (χ4n) is 3.59. The standard InChI is InChI=1S/C25H28Cl2N2O/c1-3-4-5-13-29(25(30)23-12-11-21(26)16-24(23)27)18-22-10-7-14-28(22)17-20-9-6-8-19(2)15-20/h6-12,14-16H,3-5,13,17-18H2,1-2H3. The fraction of sp³-hybridized carbons (Fsp3) is 0.320. The first-order chi connectivity index (χ1) is 14.5. The van der Waals surface area contributed by atoms with Gasteiger partial charge in [-0.1, -0.05) is 72.8 Å². The third-order valence-corrected chi connectivity index (χ3v) is 5.74. The number of unbranched alkanes of at least 4 members (excludes halogenated alkanes) is 2. The summed E-state index contributed by atoms with van der Waals surface area (Å²) >= 11 is 12.3. The van der Waals surface area contributed by atoms with Crippen LogP contribution in [0.25, 0.3) is 0 Å². The van der Waals surface area contributed by atoms with Gasteiger partial charge in [0, 0.05) is 30.0 Å². The molecule has 3 rings (SSSR count). The predicted molar refractivity (Wildman–Crippen MR) is 125 cm³/mol. The molecule has 3 aromatic rings. The van der Waals surface area contributed by atoms with E-state index < -0.39 is 0 Å². The van der Waals surface area contributed by atoms with Crippen molar-refractivity contribution in [2.45, 2.75) is 46.2 Å². The van der Waals surface area contributed by atoms with Crippen molar-refractivity contribution < 1.29 is 4.79 Å². The largest absolute Gasteiger partial charge is 0.345 e. The van der Waals surface area contributed by atoms with Gasteiger partial charge in [0.15, 0.2) is 0 Å². The molecule has 1 aromatic heterocycles. The van der Waals surface area contributed by atoms with Crippen molar-refractivity contribution >= 4 is 29.1 Å². The molecule has 0 saturated heterocycles. The summed E-state index contributed by atoms with van der Waals surface area (Å²) in [6, 6.07) is 17.7. The van der Waals surface area contributed by atoms with Crippen molar-refractivity contribution in [3.05, 3.63) is 93.2 Å². The molecule has 0 radical (unpaired) electrons.